The van der Waals surface area contributed by atoms with E-state index in [0.29, 0.717) is 22.7 Å². The number of nitrogens with zero attached hydrogens (tertiary/aromatic N) is 2. The minimum absolute atomic E-state index is 0.461. The number of aromatic amines is 1. The predicted octanol–water partition coefficient (Wildman–Crippen LogP) is 5.17. The highest BCUT2D eigenvalue weighted by Crippen LogP contribution is 2.37. The van der Waals surface area contributed by atoms with Crippen molar-refractivity contribution in [2.24, 2.45) is 0 Å². The number of hydrogen-bond acceptors (Lipinski definition) is 5. The topological polar surface area (TPSA) is 83.0 Å². The molecular weight excluding hydrogens is 364 g/mol. The maximum atomic E-state index is 9.65. The molecule has 0 spiro atoms. The van der Waals surface area contributed by atoms with Crippen molar-refractivity contribution in [2.75, 3.05) is 19.5 Å². The average molecular weight is 384 g/mol. The number of aromatic nitrogens is 2. The summed E-state index contributed by atoms with van der Waals surface area (Å²) >= 11 is 0. The highest BCUT2D eigenvalue weighted by atomic mass is 16.5. The maximum Gasteiger partial charge on any atom is 0.161 e. The Hall–Kier alpha value is -3.98. The van der Waals surface area contributed by atoms with E-state index in [1.165, 1.54) is 0 Å². The van der Waals surface area contributed by atoms with Gasteiger partial charge in [-0.2, -0.15) is 5.26 Å². The molecular formula is C23H20N4O2. The normalized spacial score (nSPS) is 10.6. The van der Waals surface area contributed by atoms with Crippen LogP contribution in [0.5, 0.6) is 11.5 Å². The molecule has 6 heteroatoms. The molecule has 0 aliphatic heterocycles. The molecule has 0 radical (unpaired) electrons. The second-order valence-electron chi connectivity index (χ2n) is 6.67. The molecule has 0 bridgehead atoms. The van der Waals surface area contributed by atoms with E-state index in [9.17, 15) is 5.26 Å². The number of methoxy groups -OCH3 is 2. The molecule has 4 aromatic rings. The van der Waals surface area contributed by atoms with E-state index in [4.69, 9.17) is 9.47 Å². The molecule has 0 aliphatic rings. The van der Waals surface area contributed by atoms with Gasteiger partial charge >= 0.3 is 0 Å². The summed E-state index contributed by atoms with van der Waals surface area (Å²) in [5, 5.41) is 14.2. The van der Waals surface area contributed by atoms with Crippen LogP contribution in [0, 0.1) is 18.3 Å². The van der Waals surface area contributed by atoms with Crippen molar-refractivity contribution in [1.82, 2.24) is 9.97 Å². The van der Waals surface area contributed by atoms with E-state index >= 15 is 0 Å². The highest BCUT2D eigenvalue weighted by Gasteiger charge is 2.14. The molecule has 2 heterocycles. The Morgan fingerprint density at radius 1 is 1.00 bits per heavy atom. The highest BCUT2D eigenvalue weighted by molar-refractivity contribution is 5.89. The number of fused-ring (bicyclic) bond motifs is 1. The van der Waals surface area contributed by atoms with Gasteiger partial charge in [-0.25, -0.2) is 0 Å². The fraction of sp³-hybridized carbons (Fsp3) is 0.130. The van der Waals surface area contributed by atoms with Crippen LogP contribution in [0.1, 0.15) is 11.3 Å². The second-order valence-corrected chi connectivity index (χ2v) is 6.67. The summed E-state index contributed by atoms with van der Waals surface area (Å²) in [6.45, 7) is 2.03. The van der Waals surface area contributed by atoms with Crippen LogP contribution in [0.2, 0.25) is 0 Å². The third kappa shape index (κ3) is 3.46. The summed E-state index contributed by atoms with van der Waals surface area (Å²) < 4.78 is 10.8. The monoisotopic (exact) mass is 384 g/mol. The molecule has 29 heavy (non-hydrogen) atoms. The van der Waals surface area contributed by atoms with Crippen LogP contribution in [-0.2, 0) is 0 Å². The van der Waals surface area contributed by atoms with Gasteiger partial charge in [0.05, 0.1) is 25.5 Å². The fourth-order valence-electron chi connectivity index (χ4n) is 3.40. The summed E-state index contributed by atoms with van der Waals surface area (Å²) in [5.41, 5.74) is 5.89. The molecule has 0 saturated carbocycles. The van der Waals surface area contributed by atoms with Gasteiger partial charge in [0.1, 0.15) is 6.07 Å². The third-order valence-corrected chi connectivity index (χ3v) is 4.79. The van der Waals surface area contributed by atoms with E-state index < -0.39 is 0 Å². The van der Waals surface area contributed by atoms with Crippen molar-refractivity contribution < 1.29 is 9.47 Å². The Bertz CT molecular complexity index is 1240. The quantitative estimate of drug-likeness (QED) is 0.496. The van der Waals surface area contributed by atoms with Gasteiger partial charge in [-0.15, -0.1) is 0 Å². The molecule has 6 nitrogen and oxygen atoms in total. The number of nitriles is 1. The largest absolute Gasteiger partial charge is 0.493 e. The lowest BCUT2D eigenvalue weighted by molar-refractivity contribution is 0.355. The molecule has 144 valence electrons. The SMILES string of the molecule is COc1ccc(-c2cncc(C#N)c2Nc2ccc3[nH]c(C)cc3c2)cc1OC. The van der Waals surface area contributed by atoms with E-state index in [1.54, 1.807) is 26.6 Å². The standard InChI is InChI=1S/C23H20N4O2/c1-14-8-16-9-18(5-6-20(16)26-14)27-23-17(11-24)12-25-13-19(23)15-4-7-21(28-2)22(10-15)29-3/h4-10,12-13,26H,1-3H3,(H,25,27). The zero-order valence-electron chi connectivity index (χ0n) is 16.4. The van der Waals surface area contributed by atoms with Gasteiger partial charge < -0.3 is 19.8 Å². The Morgan fingerprint density at radius 2 is 1.83 bits per heavy atom. The van der Waals surface area contributed by atoms with Crippen LogP contribution in [-0.4, -0.2) is 24.2 Å². The number of H-pyrrole nitrogens is 1. The van der Waals surface area contributed by atoms with Crippen molar-refractivity contribution in [3.63, 3.8) is 0 Å². The summed E-state index contributed by atoms with van der Waals surface area (Å²) in [4.78, 5) is 7.56. The van der Waals surface area contributed by atoms with Crippen molar-refractivity contribution in [1.29, 1.82) is 5.26 Å². The second kappa shape index (κ2) is 7.56. The minimum Gasteiger partial charge on any atom is -0.493 e. The number of anilines is 2. The molecule has 0 unspecified atom stereocenters. The third-order valence-electron chi connectivity index (χ3n) is 4.79. The first kappa shape index (κ1) is 18.4. The number of hydrogen-bond donors (Lipinski definition) is 2. The fourth-order valence-corrected chi connectivity index (χ4v) is 3.40. The minimum atomic E-state index is 0.461. The predicted molar refractivity (Wildman–Crippen MR) is 114 cm³/mol. The number of pyridine rings is 1. The molecule has 0 fully saturated rings. The number of benzene rings is 2. The Morgan fingerprint density at radius 3 is 2.59 bits per heavy atom. The molecule has 0 saturated heterocycles. The Kier molecular flexibility index (Phi) is 4.80. The number of aryl methyl sites for hydroxylation is 1. The molecule has 0 aliphatic carbocycles. The van der Waals surface area contributed by atoms with Gasteiger partial charge in [0, 0.05) is 40.2 Å². The molecule has 0 amide bonds. The van der Waals surface area contributed by atoms with Crippen LogP contribution in [0.4, 0.5) is 11.4 Å². The van der Waals surface area contributed by atoms with Gasteiger partial charge in [0.15, 0.2) is 11.5 Å². The zero-order valence-corrected chi connectivity index (χ0v) is 16.4. The lowest BCUT2D eigenvalue weighted by Crippen LogP contribution is -1.99. The van der Waals surface area contributed by atoms with Crippen LogP contribution in [0.15, 0.2) is 54.9 Å². The van der Waals surface area contributed by atoms with Crippen LogP contribution in [0.25, 0.3) is 22.0 Å². The first-order chi connectivity index (χ1) is 14.1. The maximum absolute atomic E-state index is 9.65. The van der Waals surface area contributed by atoms with Gasteiger partial charge in [-0.1, -0.05) is 6.07 Å². The number of nitrogens with one attached hydrogen (secondary N) is 2. The lowest BCUT2D eigenvalue weighted by Gasteiger charge is -2.15. The summed E-state index contributed by atoms with van der Waals surface area (Å²) in [5.74, 6) is 1.26. The average Bonchev–Trinajstić information content (AvgIpc) is 3.12. The number of rotatable bonds is 5. The molecule has 2 N–H and O–H groups in total. The van der Waals surface area contributed by atoms with Gasteiger partial charge in [-0.05, 0) is 48.9 Å². The molecule has 2 aromatic carbocycles. The lowest BCUT2D eigenvalue weighted by atomic mass is 10.0. The first-order valence-corrected chi connectivity index (χ1v) is 9.10. The van der Waals surface area contributed by atoms with E-state index in [-0.39, 0.29) is 0 Å². The van der Waals surface area contributed by atoms with Crippen LogP contribution < -0.4 is 14.8 Å². The first-order valence-electron chi connectivity index (χ1n) is 9.10. The van der Waals surface area contributed by atoms with Crippen LogP contribution >= 0.6 is 0 Å². The number of ether oxygens (including phenoxy) is 2. The molecule has 0 atom stereocenters. The summed E-state index contributed by atoms with van der Waals surface area (Å²) in [6, 6.07) is 16.0. The van der Waals surface area contributed by atoms with Gasteiger partial charge in [-0.3, -0.25) is 4.98 Å². The van der Waals surface area contributed by atoms with Gasteiger partial charge in [0.2, 0.25) is 0 Å². The van der Waals surface area contributed by atoms with Crippen molar-refractivity contribution in [3.8, 4) is 28.7 Å². The van der Waals surface area contributed by atoms with Crippen molar-refractivity contribution in [3.05, 3.63) is 66.1 Å². The Labute approximate surface area is 168 Å². The zero-order chi connectivity index (χ0) is 20.4. The van der Waals surface area contributed by atoms with E-state index in [0.717, 1.165) is 33.4 Å². The summed E-state index contributed by atoms with van der Waals surface area (Å²) in [6.07, 6.45) is 3.30. The summed E-state index contributed by atoms with van der Waals surface area (Å²) in [7, 11) is 3.19. The smallest absolute Gasteiger partial charge is 0.161 e. The molecule has 4 rings (SSSR count). The van der Waals surface area contributed by atoms with E-state index in [1.807, 2.05) is 37.3 Å². The molecule has 2 aromatic heterocycles. The van der Waals surface area contributed by atoms with Gasteiger partial charge in [0.25, 0.3) is 0 Å². The van der Waals surface area contributed by atoms with E-state index in [2.05, 4.69) is 33.5 Å². The van der Waals surface area contributed by atoms with Crippen molar-refractivity contribution >= 4 is 22.3 Å². The van der Waals surface area contributed by atoms with Crippen molar-refractivity contribution in [2.45, 2.75) is 6.92 Å². The Balaban J connectivity index is 1.81. The van der Waals surface area contributed by atoms with Crippen LogP contribution in [0.3, 0.4) is 0 Å².